The topological polar surface area (TPSA) is 68.0 Å². The van der Waals surface area contributed by atoms with Crippen LogP contribution in [-0.4, -0.2) is 15.9 Å². The third kappa shape index (κ3) is 2.34. The predicted molar refractivity (Wildman–Crippen MR) is 78.8 cm³/mol. The molecule has 1 aromatic carbocycles. The second kappa shape index (κ2) is 4.62. The Morgan fingerprint density at radius 2 is 2.22 bits per heavy atom. The van der Waals surface area contributed by atoms with E-state index in [4.69, 9.17) is 18.0 Å². The van der Waals surface area contributed by atoms with Gasteiger partial charge in [0.05, 0.1) is 26.1 Å². The SMILES string of the molecule is CC(C)(C(=O)Nc1ccc2ncsc2c1)C(N)=S. The number of rotatable bonds is 3. The number of hydrogen-bond donors (Lipinski definition) is 2. The summed E-state index contributed by atoms with van der Waals surface area (Å²) in [6.07, 6.45) is 0. The Bertz CT molecular complexity index is 619. The molecule has 0 unspecified atom stereocenters. The fraction of sp³-hybridized carbons (Fsp3) is 0.250. The molecule has 0 aliphatic carbocycles. The summed E-state index contributed by atoms with van der Waals surface area (Å²) >= 11 is 6.43. The maximum absolute atomic E-state index is 12.1. The highest BCUT2D eigenvalue weighted by Gasteiger charge is 2.30. The van der Waals surface area contributed by atoms with Crippen LogP contribution in [-0.2, 0) is 4.79 Å². The van der Waals surface area contributed by atoms with E-state index in [0.717, 1.165) is 15.9 Å². The van der Waals surface area contributed by atoms with Crippen molar-refractivity contribution < 1.29 is 4.79 Å². The van der Waals surface area contributed by atoms with Gasteiger partial charge in [-0.2, -0.15) is 0 Å². The summed E-state index contributed by atoms with van der Waals surface area (Å²) in [7, 11) is 0. The van der Waals surface area contributed by atoms with Gasteiger partial charge in [-0.05, 0) is 32.0 Å². The quantitative estimate of drug-likeness (QED) is 0.847. The molecule has 2 aromatic rings. The van der Waals surface area contributed by atoms with Crippen LogP contribution < -0.4 is 11.1 Å². The molecule has 0 saturated carbocycles. The molecule has 1 heterocycles. The van der Waals surface area contributed by atoms with Gasteiger partial charge in [0, 0.05) is 5.69 Å². The maximum atomic E-state index is 12.1. The molecule has 18 heavy (non-hydrogen) atoms. The Morgan fingerprint density at radius 1 is 1.50 bits per heavy atom. The normalized spacial score (nSPS) is 11.4. The third-order valence-corrected chi connectivity index (χ3v) is 4.07. The Morgan fingerprint density at radius 3 is 2.89 bits per heavy atom. The molecule has 2 rings (SSSR count). The molecule has 0 radical (unpaired) electrons. The van der Waals surface area contributed by atoms with Crippen molar-refractivity contribution in [2.24, 2.45) is 11.1 Å². The van der Waals surface area contributed by atoms with Gasteiger partial charge < -0.3 is 11.1 Å². The van der Waals surface area contributed by atoms with Crippen molar-refractivity contribution in [3.8, 4) is 0 Å². The number of carbonyl (C=O) groups is 1. The monoisotopic (exact) mass is 279 g/mol. The van der Waals surface area contributed by atoms with Gasteiger partial charge in [0.2, 0.25) is 5.91 Å². The number of fused-ring (bicyclic) bond motifs is 1. The second-order valence-corrected chi connectivity index (χ2v) is 5.80. The highest BCUT2D eigenvalue weighted by atomic mass is 32.1. The third-order valence-electron chi connectivity index (χ3n) is 2.77. The van der Waals surface area contributed by atoms with E-state index < -0.39 is 5.41 Å². The summed E-state index contributed by atoms with van der Waals surface area (Å²) in [6, 6.07) is 5.57. The van der Waals surface area contributed by atoms with Crippen molar-refractivity contribution >= 4 is 50.4 Å². The van der Waals surface area contributed by atoms with E-state index in [0.29, 0.717) is 0 Å². The summed E-state index contributed by atoms with van der Waals surface area (Å²) in [4.78, 5) is 16.4. The fourth-order valence-electron chi connectivity index (χ4n) is 1.33. The minimum atomic E-state index is -0.863. The molecule has 6 heteroatoms. The van der Waals surface area contributed by atoms with Gasteiger partial charge in [0.1, 0.15) is 0 Å². The van der Waals surface area contributed by atoms with Crippen LogP contribution in [0.3, 0.4) is 0 Å². The largest absolute Gasteiger partial charge is 0.392 e. The molecular formula is C12H13N3OS2. The molecule has 3 N–H and O–H groups in total. The zero-order valence-electron chi connectivity index (χ0n) is 10.1. The molecule has 0 saturated heterocycles. The molecule has 4 nitrogen and oxygen atoms in total. The van der Waals surface area contributed by atoms with Crippen molar-refractivity contribution in [1.29, 1.82) is 0 Å². The van der Waals surface area contributed by atoms with Crippen LogP contribution in [0.1, 0.15) is 13.8 Å². The minimum absolute atomic E-state index is 0.180. The van der Waals surface area contributed by atoms with Gasteiger partial charge in [-0.3, -0.25) is 4.79 Å². The van der Waals surface area contributed by atoms with Gasteiger partial charge in [-0.25, -0.2) is 4.98 Å². The molecule has 0 aliphatic rings. The number of amides is 1. The number of nitrogens with two attached hydrogens (primary N) is 1. The van der Waals surface area contributed by atoms with E-state index in [1.165, 1.54) is 11.3 Å². The summed E-state index contributed by atoms with van der Waals surface area (Å²) in [6.45, 7) is 3.41. The van der Waals surface area contributed by atoms with Gasteiger partial charge in [-0.1, -0.05) is 12.2 Å². The molecule has 0 spiro atoms. The summed E-state index contributed by atoms with van der Waals surface area (Å²) in [5.41, 5.74) is 8.12. The minimum Gasteiger partial charge on any atom is -0.392 e. The van der Waals surface area contributed by atoms with Crippen molar-refractivity contribution in [3.63, 3.8) is 0 Å². The average Bonchev–Trinajstić information content (AvgIpc) is 2.75. The molecule has 0 bridgehead atoms. The van der Waals surface area contributed by atoms with Crippen LogP contribution in [0.15, 0.2) is 23.7 Å². The molecule has 1 amide bonds. The van der Waals surface area contributed by atoms with Crippen LogP contribution in [0, 0.1) is 5.41 Å². The van der Waals surface area contributed by atoms with E-state index in [1.807, 2.05) is 18.2 Å². The van der Waals surface area contributed by atoms with Gasteiger partial charge in [-0.15, -0.1) is 11.3 Å². The number of benzene rings is 1. The van der Waals surface area contributed by atoms with E-state index >= 15 is 0 Å². The zero-order chi connectivity index (χ0) is 13.3. The van der Waals surface area contributed by atoms with E-state index in [9.17, 15) is 4.79 Å². The molecular weight excluding hydrogens is 266 g/mol. The van der Waals surface area contributed by atoms with E-state index in [1.54, 1.807) is 19.4 Å². The first kappa shape index (κ1) is 12.9. The fourth-order valence-corrected chi connectivity index (χ4v) is 2.14. The number of thiazole rings is 1. The number of carbonyl (C=O) groups excluding carboxylic acids is 1. The maximum Gasteiger partial charge on any atom is 0.236 e. The number of aromatic nitrogens is 1. The highest BCUT2D eigenvalue weighted by molar-refractivity contribution is 7.80. The summed E-state index contributed by atoms with van der Waals surface area (Å²) in [5, 5.41) is 2.82. The van der Waals surface area contributed by atoms with Crippen LogP contribution in [0.4, 0.5) is 5.69 Å². The van der Waals surface area contributed by atoms with Crippen molar-refractivity contribution in [1.82, 2.24) is 4.98 Å². The lowest BCUT2D eigenvalue weighted by Gasteiger charge is -2.21. The van der Waals surface area contributed by atoms with Crippen LogP contribution in [0.5, 0.6) is 0 Å². The summed E-state index contributed by atoms with van der Waals surface area (Å²) < 4.78 is 1.03. The van der Waals surface area contributed by atoms with Crippen LogP contribution in [0.25, 0.3) is 10.2 Å². The van der Waals surface area contributed by atoms with Crippen molar-refractivity contribution in [3.05, 3.63) is 23.7 Å². The van der Waals surface area contributed by atoms with E-state index in [2.05, 4.69) is 10.3 Å². The molecule has 0 aliphatic heterocycles. The second-order valence-electron chi connectivity index (χ2n) is 4.48. The molecule has 0 atom stereocenters. The first-order chi connectivity index (χ1) is 8.41. The number of anilines is 1. The van der Waals surface area contributed by atoms with Gasteiger partial charge >= 0.3 is 0 Å². The van der Waals surface area contributed by atoms with E-state index in [-0.39, 0.29) is 10.9 Å². The lowest BCUT2D eigenvalue weighted by Crippen LogP contribution is -2.41. The average molecular weight is 279 g/mol. The highest BCUT2D eigenvalue weighted by Crippen LogP contribution is 2.24. The number of nitrogens with zero attached hydrogens (tertiary/aromatic N) is 1. The zero-order valence-corrected chi connectivity index (χ0v) is 11.7. The number of hydrogen-bond acceptors (Lipinski definition) is 4. The number of thiocarbonyl (C=S) groups is 1. The Hall–Kier alpha value is -1.53. The Balaban J connectivity index is 2.23. The van der Waals surface area contributed by atoms with Gasteiger partial charge in [0.25, 0.3) is 0 Å². The number of nitrogens with one attached hydrogen (secondary N) is 1. The summed E-state index contributed by atoms with van der Waals surface area (Å²) in [5.74, 6) is -0.209. The molecule has 0 fully saturated rings. The smallest absolute Gasteiger partial charge is 0.236 e. The lowest BCUT2D eigenvalue weighted by atomic mass is 9.92. The van der Waals surface area contributed by atoms with Crippen molar-refractivity contribution in [2.75, 3.05) is 5.32 Å². The lowest BCUT2D eigenvalue weighted by molar-refractivity contribution is -0.121. The van der Waals surface area contributed by atoms with Crippen LogP contribution in [0.2, 0.25) is 0 Å². The molecule has 94 valence electrons. The first-order valence-corrected chi connectivity index (χ1v) is 6.64. The standard InChI is InChI=1S/C12H13N3OS2/c1-12(2,10(13)17)11(16)15-7-3-4-8-9(5-7)18-6-14-8/h3-6H,1-2H3,(H2,13,17)(H,15,16). The Kier molecular flexibility index (Phi) is 3.32. The van der Waals surface area contributed by atoms with Gasteiger partial charge in [0.15, 0.2) is 0 Å². The Labute approximate surface area is 114 Å². The van der Waals surface area contributed by atoms with Crippen LogP contribution >= 0.6 is 23.6 Å². The first-order valence-electron chi connectivity index (χ1n) is 5.36. The van der Waals surface area contributed by atoms with Crippen molar-refractivity contribution in [2.45, 2.75) is 13.8 Å². The predicted octanol–water partition coefficient (Wildman–Crippen LogP) is 2.55. The molecule has 1 aromatic heterocycles.